The molecule has 1 aliphatic carbocycles. The van der Waals surface area contributed by atoms with Crippen molar-refractivity contribution in [3.8, 4) is 0 Å². The normalized spacial score (nSPS) is 26.1. The van der Waals surface area contributed by atoms with E-state index in [4.69, 9.17) is 5.84 Å². The Kier molecular flexibility index (Phi) is 5.18. The van der Waals surface area contributed by atoms with Crippen molar-refractivity contribution in [3.05, 3.63) is 29.8 Å². The molecule has 0 atom stereocenters. The molecule has 0 unspecified atom stereocenters. The molecule has 1 aromatic carbocycles. The van der Waals surface area contributed by atoms with Gasteiger partial charge in [-0.25, -0.2) is 5.84 Å². The molecule has 3 N–H and O–H groups in total. The number of rotatable bonds is 3. The first kappa shape index (κ1) is 16.3. The fourth-order valence-electron chi connectivity index (χ4n) is 3.86. The van der Waals surface area contributed by atoms with Gasteiger partial charge in [0.2, 0.25) is 0 Å². The summed E-state index contributed by atoms with van der Waals surface area (Å²) in [4.78, 5) is 16.6. The molecule has 2 fully saturated rings. The van der Waals surface area contributed by atoms with E-state index in [1.165, 1.54) is 31.4 Å². The van der Waals surface area contributed by atoms with Crippen LogP contribution in [-0.4, -0.2) is 43.0 Å². The Labute approximate surface area is 138 Å². The predicted molar refractivity (Wildman–Crippen MR) is 93.3 cm³/mol. The number of carbonyl (C=O) groups is 1. The zero-order valence-electron chi connectivity index (χ0n) is 14.0. The molecular formula is C18H28N4O. The summed E-state index contributed by atoms with van der Waals surface area (Å²) in [5.41, 5.74) is 3.96. The van der Waals surface area contributed by atoms with Crippen LogP contribution in [-0.2, 0) is 0 Å². The van der Waals surface area contributed by atoms with Crippen molar-refractivity contribution >= 4 is 11.6 Å². The summed E-state index contributed by atoms with van der Waals surface area (Å²) >= 11 is 0. The lowest BCUT2D eigenvalue weighted by Gasteiger charge is -2.42. The van der Waals surface area contributed by atoms with Crippen LogP contribution < -0.4 is 16.2 Å². The third-order valence-corrected chi connectivity index (χ3v) is 5.44. The van der Waals surface area contributed by atoms with Crippen molar-refractivity contribution in [1.82, 2.24) is 10.3 Å². The van der Waals surface area contributed by atoms with Gasteiger partial charge < -0.3 is 4.90 Å². The molecule has 2 aliphatic rings. The highest BCUT2D eigenvalue weighted by molar-refractivity contribution is 5.94. The van der Waals surface area contributed by atoms with Gasteiger partial charge in [-0.05, 0) is 55.9 Å². The number of nitrogens with two attached hydrogens (primary N) is 1. The van der Waals surface area contributed by atoms with Crippen LogP contribution in [0, 0.1) is 5.92 Å². The molecule has 5 heteroatoms. The maximum atomic E-state index is 11.5. The molecule has 3 rings (SSSR count). The van der Waals surface area contributed by atoms with Crippen molar-refractivity contribution in [2.45, 2.75) is 38.6 Å². The molecule has 126 valence electrons. The third-order valence-electron chi connectivity index (χ3n) is 5.44. The van der Waals surface area contributed by atoms with Gasteiger partial charge >= 0.3 is 0 Å². The number of piperazine rings is 1. The second-order valence-electron chi connectivity index (χ2n) is 6.96. The van der Waals surface area contributed by atoms with Crippen molar-refractivity contribution in [1.29, 1.82) is 0 Å². The minimum atomic E-state index is -0.243. The van der Waals surface area contributed by atoms with E-state index in [1.54, 1.807) is 0 Å². The van der Waals surface area contributed by atoms with Gasteiger partial charge in [0.25, 0.3) is 5.91 Å². The molecular weight excluding hydrogens is 288 g/mol. The summed E-state index contributed by atoms with van der Waals surface area (Å²) in [6.07, 6.45) is 5.50. The highest BCUT2D eigenvalue weighted by atomic mass is 16.2. The summed E-state index contributed by atoms with van der Waals surface area (Å²) in [6, 6.07) is 8.51. The number of amides is 1. The van der Waals surface area contributed by atoms with Gasteiger partial charge in [0.1, 0.15) is 0 Å². The first-order valence-electron chi connectivity index (χ1n) is 8.77. The second kappa shape index (κ2) is 7.32. The minimum Gasteiger partial charge on any atom is -0.369 e. The summed E-state index contributed by atoms with van der Waals surface area (Å²) in [5.74, 6) is 5.84. The molecule has 0 bridgehead atoms. The van der Waals surface area contributed by atoms with E-state index in [1.807, 2.05) is 24.3 Å². The molecule has 23 heavy (non-hydrogen) atoms. The molecule has 1 aromatic rings. The van der Waals surface area contributed by atoms with Crippen LogP contribution in [0.25, 0.3) is 0 Å². The van der Waals surface area contributed by atoms with Crippen LogP contribution >= 0.6 is 0 Å². The van der Waals surface area contributed by atoms with Crippen molar-refractivity contribution < 1.29 is 4.79 Å². The van der Waals surface area contributed by atoms with Gasteiger partial charge in [-0.15, -0.1) is 0 Å². The molecule has 1 saturated heterocycles. The van der Waals surface area contributed by atoms with Crippen molar-refractivity contribution in [2.75, 3.05) is 31.1 Å². The molecule has 1 amide bonds. The molecule has 5 nitrogen and oxygen atoms in total. The van der Waals surface area contributed by atoms with Crippen LogP contribution in [0.3, 0.4) is 0 Å². The van der Waals surface area contributed by atoms with Gasteiger partial charge in [-0.2, -0.15) is 0 Å². The molecule has 0 radical (unpaired) electrons. The number of hydrogen-bond acceptors (Lipinski definition) is 4. The fourth-order valence-corrected chi connectivity index (χ4v) is 3.86. The highest BCUT2D eigenvalue weighted by Gasteiger charge is 2.27. The second-order valence-corrected chi connectivity index (χ2v) is 6.96. The Balaban J connectivity index is 1.53. The zero-order chi connectivity index (χ0) is 16.2. The topological polar surface area (TPSA) is 61.6 Å². The predicted octanol–water partition coefficient (Wildman–Crippen LogP) is 1.99. The summed E-state index contributed by atoms with van der Waals surface area (Å²) in [7, 11) is 0. The number of nitrogens with one attached hydrogen (secondary N) is 1. The molecule has 1 saturated carbocycles. The van der Waals surface area contributed by atoms with Crippen molar-refractivity contribution in [2.24, 2.45) is 11.8 Å². The summed E-state index contributed by atoms with van der Waals surface area (Å²) in [6.45, 7) is 6.79. The van der Waals surface area contributed by atoms with Crippen LogP contribution in [0.5, 0.6) is 0 Å². The lowest BCUT2D eigenvalue weighted by molar-refractivity contribution is 0.0953. The van der Waals surface area contributed by atoms with E-state index in [2.05, 4.69) is 22.1 Å². The van der Waals surface area contributed by atoms with E-state index in [0.29, 0.717) is 5.56 Å². The number of carbonyl (C=O) groups excluding carboxylic acids is 1. The number of hydrazine groups is 1. The van der Waals surface area contributed by atoms with E-state index in [9.17, 15) is 4.79 Å². The third kappa shape index (κ3) is 3.85. The van der Waals surface area contributed by atoms with Crippen LogP contribution in [0.2, 0.25) is 0 Å². The van der Waals surface area contributed by atoms with Gasteiger partial charge in [0.05, 0.1) is 0 Å². The number of nitrogens with zero attached hydrogens (tertiary/aromatic N) is 2. The molecule has 0 aromatic heterocycles. The van der Waals surface area contributed by atoms with Crippen LogP contribution in [0.1, 0.15) is 43.0 Å². The Bertz CT molecular complexity index is 514. The average molecular weight is 316 g/mol. The lowest BCUT2D eigenvalue weighted by Crippen LogP contribution is -2.51. The number of benzene rings is 1. The average Bonchev–Trinajstić information content (AvgIpc) is 2.62. The quantitative estimate of drug-likeness (QED) is 0.509. The number of hydrogen-bond donors (Lipinski definition) is 2. The highest BCUT2D eigenvalue weighted by Crippen LogP contribution is 2.28. The Morgan fingerprint density at radius 3 is 2.22 bits per heavy atom. The van der Waals surface area contributed by atoms with Gasteiger partial charge in [-0.3, -0.25) is 15.1 Å². The van der Waals surface area contributed by atoms with Gasteiger partial charge in [0.15, 0.2) is 0 Å². The maximum absolute atomic E-state index is 11.5. The molecule has 0 spiro atoms. The molecule has 1 aliphatic heterocycles. The maximum Gasteiger partial charge on any atom is 0.265 e. The smallest absolute Gasteiger partial charge is 0.265 e. The van der Waals surface area contributed by atoms with E-state index in [0.717, 1.165) is 38.1 Å². The standard InChI is InChI=1S/C18H28N4O/c1-14-2-6-16(7-3-14)21-10-12-22(13-11-21)17-8-4-15(5-9-17)18(23)20-19/h4-5,8-9,14,16H,2-3,6-7,10-13,19H2,1H3,(H,20,23). The van der Waals surface area contributed by atoms with E-state index < -0.39 is 0 Å². The first-order chi connectivity index (χ1) is 11.2. The number of nitrogen functional groups attached to an aromatic ring is 1. The number of anilines is 1. The largest absolute Gasteiger partial charge is 0.369 e. The SMILES string of the molecule is CC1CCC(N2CCN(c3ccc(C(=O)NN)cc3)CC2)CC1. The lowest BCUT2D eigenvalue weighted by atomic mass is 9.86. The molecule has 1 heterocycles. The monoisotopic (exact) mass is 316 g/mol. The fraction of sp³-hybridized carbons (Fsp3) is 0.611. The Morgan fingerprint density at radius 2 is 1.65 bits per heavy atom. The van der Waals surface area contributed by atoms with Gasteiger partial charge in [0, 0.05) is 43.5 Å². The first-order valence-corrected chi connectivity index (χ1v) is 8.77. The van der Waals surface area contributed by atoms with Crippen molar-refractivity contribution in [3.63, 3.8) is 0 Å². The van der Waals surface area contributed by atoms with Gasteiger partial charge in [-0.1, -0.05) is 6.92 Å². The zero-order valence-corrected chi connectivity index (χ0v) is 14.0. The van der Waals surface area contributed by atoms with E-state index in [-0.39, 0.29) is 5.91 Å². The Morgan fingerprint density at radius 1 is 1.04 bits per heavy atom. The van der Waals surface area contributed by atoms with Crippen LogP contribution in [0.15, 0.2) is 24.3 Å². The van der Waals surface area contributed by atoms with E-state index >= 15 is 0 Å². The summed E-state index contributed by atoms with van der Waals surface area (Å²) in [5, 5.41) is 0. The summed E-state index contributed by atoms with van der Waals surface area (Å²) < 4.78 is 0. The van der Waals surface area contributed by atoms with Crippen LogP contribution in [0.4, 0.5) is 5.69 Å². The Hall–Kier alpha value is -1.59. The minimum absolute atomic E-state index is 0.243.